The number of rotatable bonds is 5. The number of aliphatic hydroxyl groups excluding tert-OH is 1. The van der Waals surface area contributed by atoms with Crippen LogP contribution in [0.3, 0.4) is 0 Å². The van der Waals surface area contributed by atoms with E-state index in [1.807, 2.05) is 41.8 Å². The van der Waals surface area contributed by atoms with E-state index < -0.39 is 0 Å². The SMILES string of the molecule is O=C(Cc1nc2ccccc2[nH]1)NC(c1cccs1)C1CC(O)C1. The van der Waals surface area contributed by atoms with Gasteiger partial charge in [-0.3, -0.25) is 4.79 Å². The number of carbonyl (C=O) groups is 1. The molecular weight excluding hydrogens is 322 g/mol. The van der Waals surface area contributed by atoms with Crippen LogP contribution in [0, 0.1) is 5.92 Å². The maximum atomic E-state index is 12.5. The van der Waals surface area contributed by atoms with Crippen LogP contribution in [0.4, 0.5) is 0 Å². The molecule has 0 saturated heterocycles. The lowest BCUT2D eigenvalue weighted by molar-refractivity contribution is -0.122. The Labute approximate surface area is 143 Å². The fourth-order valence-electron chi connectivity index (χ4n) is 3.26. The molecule has 1 atom stereocenters. The summed E-state index contributed by atoms with van der Waals surface area (Å²) in [5, 5.41) is 14.7. The third-order valence-corrected chi connectivity index (χ3v) is 5.51. The number of carbonyl (C=O) groups excluding carboxylic acids is 1. The molecule has 124 valence electrons. The van der Waals surface area contributed by atoms with Crippen molar-refractivity contribution in [3.05, 3.63) is 52.5 Å². The largest absolute Gasteiger partial charge is 0.393 e. The molecule has 6 heteroatoms. The number of hydrogen-bond acceptors (Lipinski definition) is 4. The van der Waals surface area contributed by atoms with Gasteiger partial charge in [0.2, 0.25) is 5.91 Å². The molecule has 1 aliphatic rings. The average molecular weight is 341 g/mol. The Hall–Kier alpha value is -2.18. The molecule has 0 aliphatic heterocycles. The zero-order chi connectivity index (χ0) is 16.5. The number of imidazole rings is 1. The van der Waals surface area contributed by atoms with Crippen LogP contribution in [0.25, 0.3) is 11.0 Å². The third kappa shape index (κ3) is 3.07. The van der Waals surface area contributed by atoms with E-state index in [2.05, 4.69) is 15.3 Å². The minimum Gasteiger partial charge on any atom is -0.393 e. The van der Waals surface area contributed by atoms with Crippen LogP contribution in [0.1, 0.15) is 29.6 Å². The number of hydrogen-bond donors (Lipinski definition) is 3. The number of aromatic amines is 1. The molecule has 0 bridgehead atoms. The number of H-pyrrole nitrogens is 1. The van der Waals surface area contributed by atoms with Crippen LogP contribution >= 0.6 is 11.3 Å². The van der Waals surface area contributed by atoms with E-state index in [4.69, 9.17) is 0 Å². The number of amides is 1. The van der Waals surface area contributed by atoms with Gasteiger partial charge in [-0.1, -0.05) is 18.2 Å². The Balaban J connectivity index is 1.46. The highest BCUT2D eigenvalue weighted by atomic mass is 32.1. The van der Waals surface area contributed by atoms with Gasteiger partial charge < -0.3 is 15.4 Å². The molecule has 3 N–H and O–H groups in total. The number of thiophene rings is 1. The normalized spacial score (nSPS) is 21.4. The van der Waals surface area contributed by atoms with E-state index in [0.717, 1.165) is 28.8 Å². The summed E-state index contributed by atoms with van der Waals surface area (Å²) in [5.74, 6) is 0.930. The fraction of sp³-hybridized carbons (Fsp3) is 0.333. The number of fused-ring (bicyclic) bond motifs is 1. The highest BCUT2D eigenvalue weighted by Gasteiger charge is 2.36. The molecule has 24 heavy (non-hydrogen) atoms. The molecule has 1 unspecified atom stereocenters. The van der Waals surface area contributed by atoms with Gasteiger partial charge in [-0.15, -0.1) is 11.3 Å². The van der Waals surface area contributed by atoms with Gasteiger partial charge in [0.1, 0.15) is 5.82 Å². The molecule has 1 fully saturated rings. The number of aromatic nitrogens is 2. The summed E-state index contributed by atoms with van der Waals surface area (Å²) in [5.41, 5.74) is 1.81. The number of nitrogens with one attached hydrogen (secondary N) is 2. The third-order valence-electron chi connectivity index (χ3n) is 4.55. The molecule has 2 aromatic heterocycles. The molecule has 0 spiro atoms. The maximum Gasteiger partial charge on any atom is 0.228 e. The number of nitrogens with zero attached hydrogens (tertiary/aromatic N) is 1. The molecule has 1 amide bonds. The van der Waals surface area contributed by atoms with Gasteiger partial charge in [0.25, 0.3) is 0 Å². The summed E-state index contributed by atoms with van der Waals surface area (Å²) in [7, 11) is 0. The Kier molecular flexibility index (Phi) is 4.08. The van der Waals surface area contributed by atoms with Crippen molar-refractivity contribution in [3.8, 4) is 0 Å². The van der Waals surface area contributed by atoms with Gasteiger partial charge in [0, 0.05) is 4.88 Å². The first-order chi connectivity index (χ1) is 11.7. The van der Waals surface area contributed by atoms with Crippen LogP contribution < -0.4 is 5.32 Å². The Morgan fingerprint density at radius 3 is 2.88 bits per heavy atom. The van der Waals surface area contributed by atoms with Crippen molar-refractivity contribution in [1.82, 2.24) is 15.3 Å². The standard InChI is InChI=1S/C18H19N3O2S/c22-12-8-11(9-12)18(15-6-3-7-24-15)21-17(23)10-16-19-13-4-1-2-5-14(13)20-16/h1-7,11-12,18,22H,8-10H2,(H,19,20)(H,21,23). The minimum absolute atomic E-state index is 0.0229. The van der Waals surface area contributed by atoms with E-state index in [9.17, 15) is 9.90 Å². The van der Waals surface area contributed by atoms with Gasteiger partial charge in [-0.25, -0.2) is 4.98 Å². The quantitative estimate of drug-likeness (QED) is 0.668. The van der Waals surface area contributed by atoms with Crippen molar-refractivity contribution < 1.29 is 9.90 Å². The Morgan fingerprint density at radius 1 is 1.33 bits per heavy atom. The Morgan fingerprint density at radius 2 is 2.17 bits per heavy atom. The molecule has 1 saturated carbocycles. The summed E-state index contributed by atoms with van der Waals surface area (Å²) in [6.45, 7) is 0. The second-order valence-corrected chi connectivity index (χ2v) is 7.30. The molecular formula is C18H19N3O2S. The summed E-state index contributed by atoms with van der Waals surface area (Å²) < 4.78 is 0. The lowest BCUT2D eigenvalue weighted by Crippen LogP contribution is -2.41. The van der Waals surface area contributed by atoms with Crippen LogP contribution in [0.2, 0.25) is 0 Å². The van der Waals surface area contributed by atoms with E-state index in [0.29, 0.717) is 11.7 Å². The highest BCUT2D eigenvalue weighted by molar-refractivity contribution is 7.10. The van der Waals surface area contributed by atoms with Gasteiger partial charge in [0.15, 0.2) is 0 Å². The van der Waals surface area contributed by atoms with Crippen molar-refractivity contribution >= 4 is 28.3 Å². The molecule has 0 radical (unpaired) electrons. The van der Waals surface area contributed by atoms with Gasteiger partial charge in [0.05, 0.1) is 29.6 Å². The second kappa shape index (κ2) is 6.37. The average Bonchev–Trinajstić information content (AvgIpc) is 3.18. The first-order valence-corrected chi connectivity index (χ1v) is 9.01. The van der Waals surface area contributed by atoms with Gasteiger partial charge in [-0.05, 0) is 42.3 Å². The lowest BCUT2D eigenvalue weighted by Gasteiger charge is -2.37. The molecule has 1 aliphatic carbocycles. The van der Waals surface area contributed by atoms with E-state index in [1.54, 1.807) is 11.3 Å². The summed E-state index contributed by atoms with van der Waals surface area (Å²) in [6.07, 6.45) is 1.48. The lowest BCUT2D eigenvalue weighted by atomic mass is 9.76. The summed E-state index contributed by atoms with van der Waals surface area (Å²) in [4.78, 5) is 21.3. The smallest absolute Gasteiger partial charge is 0.228 e. The highest BCUT2D eigenvalue weighted by Crippen LogP contribution is 2.39. The van der Waals surface area contributed by atoms with E-state index >= 15 is 0 Å². The van der Waals surface area contributed by atoms with Crippen molar-refractivity contribution in [2.45, 2.75) is 31.4 Å². The van der Waals surface area contributed by atoms with Gasteiger partial charge >= 0.3 is 0 Å². The summed E-state index contributed by atoms with van der Waals surface area (Å²) >= 11 is 1.64. The van der Waals surface area contributed by atoms with Crippen molar-refractivity contribution in [2.24, 2.45) is 5.92 Å². The van der Waals surface area contributed by atoms with Crippen LogP contribution in [0.5, 0.6) is 0 Å². The fourth-order valence-corrected chi connectivity index (χ4v) is 4.13. The summed E-state index contributed by atoms with van der Waals surface area (Å²) in [6, 6.07) is 11.8. The second-order valence-electron chi connectivity index (χ2n) is 6.32. The van der Waals surface area contributed by atoms with E-state index in [-0.39, 0.29) is 24.5 Å². The van der Waals surface area contributed by atoms with Crippen LogP contribution in [0.15, 0.2) is 41.8 Å². The topological polar surface area (TPSA) is 78.0 Å². The number of para-hydroxylation sites is 2. The maximum absolute atomic E-state index is 12.5. The van der Waals surface area contributed by atoms with Crippen molar-refractivity contribution in [1.29, 1.82) is 0 Å². The van der Waals surface area contributed by atoms with Crippen molar-refractivity contribution in [2.75, 3.05) is 0 Å². The molecule has 3 aromatic rings. The van der Waals surface area contributed by atoms with Gasteiger partial charge in [-0.2, -0.15) is 0 Å². The predicted molar refractivity (Wildman–Crippen MR) is 93.7 cm³/mol. The predicted octanol–water partition coefficient (Wildman–Crippen LogP) is 2.80. The molecule has 4 rings (SSSR count). The Bertz CT molecular complexity index is 804. The molecule has 2 heterocycles. The molecule has 1 aromatic carbocycles. The van der Waals surface area contributed by atoms with Crippen molar-refractivity contribution in [3.63, 3.8) is 0 Å². The first kappa shape index (κ1) is 15.4. The van der Waals surface area contributed by atoms with Crippen LogP contribution in [-0.2, 0) is 11.2 Å². The number of benzene rings is 1. The number of aliphatic hydroxyl groups is 1. The monoisotopic (exact) mass is 341 g/mol. The zero-order valence-electron chi connectivity index (χ0n) is 13.1. The first-order valence-electron chi connectivity index (χ1n) is 8.13. The van der Waals surface area contributed by atoms with Crippen LogP contribution in [-0.4, -0.2) is 27.1 Å². The van der Waals surface area contributed by atoms with E-state index in [1.165, 1.54) is 0 Å². The molecule has 5 nitrogen and oxygen atoms in total. The minimum atomic E-state index is -0.232. The zero-order valence-corrected chi connectivity index (χ0v) is 13.9.